The Balaban J connectivity index is 2.00. The summed E-state index contributed by atoms with van der Waals surface area (Å²) < 4.78 is 44.4. The second kappa shape index (κ2) is 9.05. The maximum Gasteiger partial charge on any atom is 0.243 e. The van der Waals surface area contributed by atoms with Gasteiger partial charge in [0.25, 0.3) is 0 Å². The quantitative estimate of drug-likeness (QED) is 0.682. The van der Waals surface area contributed by atoms with Crippen LogP contribution in [0.5, 0.6) is 5.75 Å². The zero-order valence-electron chi connectivity index (χ0n) is 16.4. The first-order valence-electron chi connectivity index (χ1n) is 8.83. The van der Waals surface area contributed by atoms with Gasteiger partial charge in [-0.1, -0.05) is 18.2 Å². The zero-order valence-corrected chi connectivity index (χ0v) is 17.2. The average molecular weight is 408 g/mol. The van der Waals surface area contributed by atoms with Crippen LogP contribution in [-0.2, 0) is 14.8 Å². The van der Waals surface area contributed by atoms with Crippen LogP contribution in [0.1, 0.15) is 18.1 Å². The Hall–Kier alpha value is -2.61. The van der Waals surface area contributed by atoms with Gasteiger partial charge in [-0.15, -0.1) is 0 Å². The van der Waals surface area contributed by atoms with Gasteiger partial charge in [0, 0.05) is 0 Å². The lowest BCUT2D eigenvalue weighted by atomic mass is 10.1. The van der Waals surface area contributed by atoms with Crippen LogP contribution in [0, 0.1) is 19.7 Å². The van der Waals surface area contributed by atoms with Gasteiger partial charge in [-0.25, -0.2) is 12.8 Å². The molecule has 0 heterocycles. The number of nitrogens with zero attached hydrogens (tertiary/aromatic N) is 1. The number of carbonyl (C=O) groups excluding carboxylic acids is 1. The minimum atomic E-state index is -3.79. The first-order valence-corrected chi connectivity index (χ1v) is 10.7. The molecule has 0 saturated carbocycles. The number of hydrogen-bond acceptors (Lipinski definition) is 4. The van der Waals surface area contributed by atoms with Crippen molar-refractivity contribution < 1.29 is 22.3 Å². The van der Waals surface area contributed by atoms with Gasteiger partial charge < -0.3 is 10.1 Å². The van der Waals surface area contributed by atoms with Crippen LogP contribution in [0.3, 0.4) is 0 Å². The Bertz CT molecular complexity index is 947. The number of anilines is 1. The van der Waals surface area contributed by atoms with Crippen molar-refractivity contribution in [3.8, 4) is 5.75 Å². The molecule has 6 nitrogen and oxygen atoms in total. The molecule has 0 fully saturated rings. The number of aryl methyl sites for hydroxylation is 1. The van der Waals surface area contributed by atoms with Gasteiger partial charge >= 0.3 is 0 Å². The smallest absolute Gasteiger partial charge is 0.243 e. The predicted molar refractivity (Wildman–Crippen MR) is 108 cm³/mol. The van der Waals surface area contributed by atoms with Crippen molar-refractivity contribution in [1.29, 1.82) is 0 Å². The van der Waals surface area contributed by atoms with E-state index in [1.807, 2.05) is 32.0 Å². The zero-order chi connectivity index (χ0) is 20.9. The summed E-state index contributed by atoms with van der Waals surface area (Å²) in [6, 6.07) is 9.80. The maximum absolute atomic E-state index is 13.5. The van der Waals surface area contributed by atoms with Crippen LogP contribution in [0.4, 0.5) is 10.1 Å². The van der Waals surface area contributed by atoms with Gasteiger partial charge in [0.1, 0.15) is 24.2 Å². The van der Waals surface area contributed by atoms with Crippen molar-refractivity contribution in [2.75, 3.05) is 23.7 Å². The molecule has 0 aliphatic rings. The van der Waals surface area contributed by atoms with Crippen molar-refractivity contribution in [1.82, 2.24) is 5.32 Å². The monoisotopic (exact) mass is 408 g/mol. The summed E-state index contributed by atoms with van der Waals surface area (Å²) in [6.45, 7) is 5.83. The predicted octanol–water partition coefficient (Wildman–Crippen LogP) is 2.79. The van der Waals surface area contributed by atoms with Gasteiger partial charge in [-0.3, -0.25) is 9.10 Å². The van der Waals surface area contributed by atoms with Crippen LogP contribution in [0.2, 0.25) is 0 Å². The van der Waals surface area contributed by atoms with E-state index in [-0.39, 0.29) is 18.8 Å². The molecule has 0 radical (unpaired) electrons. The Kier molecular flexibility index (Phi) is 7.01. The standard InChI is InChI=1S/C20H25FN2O4S/c1-14-7-5-10-19(15(14)2)27-12-11-22-20(24)16(3)23(28(4,25)26)18-9-6-8-17(21)13-18/h5-10,13,16H,11-12H2,1-4H3,(H,22,24)/t16-/m0/s1. The summed E-state index contributed by atoms with van der Waals surface area (Å²) in [6.07, 6.45) is 0.977. The fraction of sp³-hybridized carbons (Fsp3) is 0.350. The molecular weight excluding hydrogens is 383 g/mol. The van der Waals surface area contributed by atoms with Crippen LogP contribution in [-0.4, -0.2) is 39.8 Å². The van der Waals surface area contributed by atoms with Gasteiger partial charge in [-0.05, 0) is 56.2 Å². The molecule has 1 N–H and O–H groups in total. The van der Waals surface area contributed by atoms with Gasteiger partial charge in [-0.2, -0.15) is 0 Å². The SMILES string of the molecule is Cc1cccc(OCCNC(=O)[C@H](C)N(c2cccc(F)c2)S(C)(=O)=O)c1C. The average Bonchev–Trinajstić information content (AvgIpc) is 2.60. The lowest BCUT2D eigenvalue weighted by molar-refractivity contribution is -0.121. The van der Waals surface area contributed by atoms with Crippen LogP contribution >= 0.6 is 0 Å². The van der Waals surface area contributed by atoms with Crippen molar-refractivity contribution in [3.63, 3.8) is 0 Å². The molecule has 0 saturated heterocycles. The molecule has 8 heteroatoms. The molecule has 2 aromatic rings. The maximum atomic E-state index is 13.5. The molecule has 28 heavy (non-hydrogen) atoms. The molecule has 2 aromatic carbocycles. The molecule has 0 unspecified atom stereocenters. The van der Waals surface area contributed by atoms with Crippen LogP contribution < -0.4 is 14.4 Å². The summed E-state index contributed by atoms with van der Waals surface area (Å²) >= 11 is 0. The number of ether oxygens (including phenoxy) is 1. The molecule has 1 atom stereocenters. The molecule has 0 spiro atoms. The normalized spacial score (nSPS) is 12.3. The minimum Gasteiger partial charge on any atom is -0.491 e. The van der Waals surface area contributed by atoms with E-state index in [1.54, 1.807) is 0 Å². The fourth-order valence-electron chi connectivity index (χ4n) is 2.79. The third kappa shape index (κ3) is 5.45. The summed E-state index contributed by atoms with van der Waals surface area (Å²) in [5.41, 5.74) is 2.22. The largest absolute Gasteiger partial charge is 0.491 e. The second-order valence-corrected chi connectivity index (χ2v) is 8.41. The first-order chi connectivity index (χ1) is 13.1. The van der Waals surface area contributed by atoms with E-state index in [0.29, 0.717) is 0 Å². The van der Waals surface area contributed by atoms with E-state index in [4.69, 9.17) is 4.74 Å². The van der Waals surface area contributed by atoms with Crippen molar-refractivity contribution >= 4 is 21.6 Å². The highest BCUT2D eigenvalue weighted by Crippen LogP contribution is 2.22. The van der Waals surface area contributed by atoms with Crippen molar-refractivity contribution in [3.05, 3.63) is 59.4 Å². The highest BCUT2D eigenvalue weighted by Gasteiger charge is 2.29. The highest BCUT2D eigenvalue weighted by molar-refractivity contribution is 7.92. The number of sulfonamides is 1. The highest BCUT2D eigenvalue weighted by atomic mass is 32.2. The molecule has 0 aromatic heterocycles. The fourth-order valence-corrected chi connectivity index (χ4v) is 3.95. The van der Waals surface area contributed by atoms with E-state index >= 15 is 0 Å². The molecule has 2 rings (SSSR count). The summed E-state index contributed by atoms with van der Waals surface area (Å²) in [7, 11) is -3.79. The number of halogens is 1. The van der Waals surface area contributed by atoms with Crippen LogP contribution in [0.15, 0.2) is 42.5 Å². The Morgan fingerprint density at radius 2 is 1.89 bits per heavy atom. The molecule has 1 amide bonds. The van der Waals surface area contributed by atoms with E-state index < -0.39 is 27.8 Å². The lowest BCUT2D eigenvalue weighted by Crippen LogP contribution is -2.48. The third-order valence-electron chi connectivity index (χ3n) is 4.36. The van der Waals surface area contributed by atoms with E-state index in [9.17, 15) is 17.6 Å². The number of amides is 1. The summed E-state index contributed by atoms with van der Waals surface area (Å²) in [4.78, 5) is 12.5. The lowest BCUT2D eigenvalue weighted by Gasteiger charge is -2.28. The summed E-state index contributed by atoms with van der Waals surface area (Å²) in [5, 5.41) is 2.66. The van der Waals surface area contributed by atoms with Gasteiger partial charge in [0.15, 0.2) is 0 Å². The molecular formula is C20H25FN2O4S. The number of carbonyl (C=O) groups is 1. The Morgan fingerprint density at radius 3 is 2.54 bits per heavy atom. The first kappa shape index (κ1) is 21.7. The van der Waals surface area contributed by atoms with Gasteiger partial charge in [0.05, 0.1) is 18.5 Å². The molecule has 152 valence electrons. The van der Waals surface area contributed by atoms with E-state index in [2.05, 4.69) is 5.32 Å². The second-order valence-electron chi connectivity index (χ2n) is 6.55. The van der Waals surface area contributed by atoms with Gasteiger partial charge in [0.2, 0.25) is 15.9 Å². The molecule has 0 bridgehead atoms. The number of nitrogens with one attached hydrogen (secondary N) is 1. The van der Waals surface area contributed by atoms with E-state index in [1.165, 1.54) is 25.1 Å². The third-order valence-corrected chi connectivity index (χ3v) is 5.61. The topological polar surface area (TPSA) is 75.7 Å². The number of benzene rings is 2. The number of rotatable bonds is 8. The van der Waals surface area contributed by atoms with Crippen LogP contribution in [0.25, 0.3) is 0 Å². The summed E-state index contributed by atoms with van der Waals surface area (Å²) in [5.74, 6) is -0.347. The molecule has 0 aliphatic carbocycles. The Morgan fingerprint density at radius 1 is 1.21 bits per heavy atom. The van der Waals surface area contributed by atoms with E-state index in [0.717, 1.165) is 33.5 Å². The van der Waals surface area contributed by atoms with Crippen molar-refractivity contribution in [2.45, 2.75) is 26.8 Å². The minimum absolute atomic E-state index is 0.0942. The number of hydrogen-bond donors (Lipinski definition) is 1. The molecule has 0 aliphatic heterocycles. The van der Waals surface area contributed by atoms with Crippen molar-refractivity contribution in [2.24, 2.45) is 0 Å². The Labute approximate surface area is 165 Å².